The topological polar surface area (TPSA) is 240 Å². The Labute approximate surface area is 200 Å². The first-order valence-corrected chi connectivity index (χ1v) is 10.2. The molecule has 1 aromatic heterocycles. The van der Waals surface area contributed by atoms with Gasteiger partial charge in [0.2, 0.25) is 17.8 Å². The van der Waals surface area contributed by atoms with Crippen LogP contribution < -0.4 is 15.5 Å². The molecule has 0 saturated carbocycles. The summed E-state index contributed by atoms with van der Waals surface area (Å²) >= 11 is 0. The van der Waals surface area contributed by atoms with Crippen molar-refractivity contribution in [3.05, 3.63) is 46.6 Å². The van der Waals surface area contributed by atoms with Gasteiger partial charge in [-0.1, -0.05) is 0 Å². The predicted octanol–water partition coefficient (Wildman–Crippen LogP) is -1.29. The number of phenols is 3. The van der Waals surface area contributed by atoms with Gasteiger partial charge in [-0.15, -0.1) is 0 Å². The summed E-state index contributed by atoms with van der Waals surface area (Å²) in [4.78, 5) is 24.4. The van der Waals surface area contributed by atoms with Crippen LogP contribution in [-0.4, -0.2) is 83.9 Å². The van der Waals surface area contributed by atoms with Crippen LogP contribution in [0.15, 0.2) is 45.6 Å². The van der Waals surface area contributed by atoms with Crippen LogP contribution in [0.3, 0.4) is 0 Å². The smallest absolute Gasteiger partial charge is 0.354 e. The number of carboxylic acid groups (broad SMARTS) is 1. The van der Waals surface area contributed by atoms with Crippen LogP contribution in [0.1, 0.15) is 0 Å². The molecule has 3 aromatic rings. The lowest BCUT2D eigenvalue weighted by Crippen LogP contribution is -2.78. The molecule has 2 heterocycles. The molecule has 1 aliphatic rings. The van der Waals surface area contributed by atoms with Crippen molar-refractivity contribution in [1.82, 2.24) is 5.32 Å². The maximum Gasteiger partial charge on any atom is 0.354 e. The van der Waals surface area contributed by atoms with Crippen molar-refractivity contribution in [2.75, 3.05) is 7.05 Å². The summed E-state index contributed by atoms with van der Waals surface area (Å²) in [7, 11) is 1.01. The quantitative estimate of drug-likeness (QED) is 0.144. The first-order chi connectivity index (χ1) is 16.8. The molecule has 9 N–H and O–H groups in total. The zero-order chi connectivity index (χ0) is 26.6. The molecule has 1 saturated heterocycles. The van der Waals surface area contributed by atoms with E-state index in [0.717, 1.165) is 19.2 Å². The zero-order valence-corrected chi connectivity index (χ0v) is 18.3. The second kappa shape index (κ2) is 8.63. The number of benzene rings is 2. The first-order valence-electron chi connectivity index (χ1n) is 10.2. The van der Waals surface area contributed by atoms with Crippen molar-refractivity contribution in [3.63, 3.8) is 0 Å². The highest BCUT2D eigenvalue weighted by Gasteiger charge is 2.66. The number of carboxylic acids is 1. The van der Waals surface area contributed by atoms with E-state index in [9.17, 15) is 50.4 Å². The maximum atomic E-state index is 12.6. The van der Waals surface area contributed by atoms with Crippen molar-refractivity contribution >= 4 is 16.9 Å². The van der Waals surface area contributed by atoms with E-state index in [1.165, 1.54) is 24.3 Å². The third-order valence-electron chi connectivity index (χ3n) is 5.80. The van der Waals surface area contributed by atoms with E-state index < -0.39 is 64.0 Å². The summed E-state index contributed by atoms with van der Waals surface area (Å²) in [6, 6.07) is 7.51. The Hall–Kier alpha value is -3.92. The van der Waals surface area contributed by atoms with Crippen LogP contribution in [0.5, 0.6) is 23.0 Å². The van der Waals surface area contributed by atoms with Gasteiger partial charge in [0.25, 0.3) is 5.72 Å². The Balaban J connectivity index is 1.81. The van der Waals surface area contributed by atoms with Gasteiger partial charge in [0.15, 0.2) is 29.1 Å². The van der Waals surface area contributed by atoms with E-state index in [2.05, 4.69) is 5.32 Å². The Bertz CT molecular complexity index is 1380. The summed E-state index contributed by atoms with van der Waals surface area (Å²) in [6.45, 7) is 0. The van der Waals surface area contributed by atoms with Gasteiger partial charge in [0.1, 0.15) is 22.5 Å². The van der Waals surface area contributed by atoms with E-state index >= 15 is 0 Å². The number of hydrogen-bond acceptors (Lipinski definition) is 13. The van der Waals surface area contributed by atoms with Crippen LogP contribution in [0.25, 0.3) is 22.3 Å². The van der Waals surface area contributed by atoms with Gasteiger partial charge in [0, 0.05) is 17.7 Å². The molecular weight excluding hydrogens is 486 g/mol. The van der Waals surface area contributed by atoms with E-state index in [1.807, 2.05) is 0 Å². The Morgan fingerprint density at radius 2 is 1.69 bits per heavy atom. The van der Waals surface area contributed by atoms with Crippen molar-refractivity contribution < 1.29 is 59.5 Å². The van der Waals surface area contributed by atoms with Gasteiger partial charge in [-0.05, 0) is 31.3 Å². The fraction of sp³-hybridized carbons (Fsp3) is 0.273. The Kier molecular flexibility index (Phi) is 6.04. The fourth-order valence-corrected chi connectivity index (χ4v) is 3.78. The summed E-state index contributed by atoms with van der Waals surface area (Å²) in [6.07, 6.45) is -7.34. The van der Waals surface area contributed by atoms with Crippen LogP contribution >= 0.6 is 0 Å². The predicted molar refractivity (Wildman–Crippen MR) is 117 cm³/mol. The lowest BCUT2D eigenvalue weighted by Gasteiger charge is -2.49. The van der Waals surface area contributed by atoms with Crippen LogP contribution in [0.2, 0.25) is 0 Å². The van der Waals surface area contributed by atoms with Gasteiger partial charge < -0.3 is 54.7 Å². The molecule has 4 unspecified atom stereocenters. The molecule has 14 heteroatoms. The molecule has 0 radical (unpaired) electrons. The standard InChI is InChI=1S/C22H21NO13/c1-23-21(20(30)31)19(29)22(32,33)17(28)18(36-21)35-13-7-12-14(16(27)15(13)26)10(25)6-11(34-12)8-2-4-9(24)5-3-8/h2-7,17-19,23-24,26-29,32-33H,1H3,(H,30,31). The molecular formula is C22H21NO13. The molecule has 1 aliphatic heterocycles. The van der Waals surface area contributed by atoms with Crippen molar-refractivity contribution in [3.8, 4) is 34.3 Å². The highest BCUT2D eigenvalue weighted by Crippen LogP contribution is 2.43. The largest absolute Gasteiger partial charge is 0.508 e. The summed E-state index contributed by atoms with van der Waals surface area (Å²) < 4.78 is 16.0. The van der Waals surface area contributed by atoms with Gasteiger partial charge in [-0.25, -0.2) is 4.79 Å². The monoisotopic (exact) mass is 507 g/mol. The lowest BCUT2D eigenvalue weighted by molar-refractivity contribution is -0.397. The SMILES string of the molecule is CNC1(C(=O)O)OC(Oc2cc3oc(-c4ccc(O)cc4)cc(=O)c3c(O)c2O)C(O)C(O)(O)C1O. The van der Waals surface area contributed by atoms with Crippen LogP contribution in [0.4, 0.5) is 0 Å². The summed E-state index contributed by atoms with van der Waals surface area (Å²) in [5, 5.41) is 82.3. The molecule has 4 atom stereocenters. The second-order valence-corrected chi connectivity index (χ2v) is 7.99. The molecule has 0 aliphatic carbocycles. The number of likely N-dealkylation sites (N-methyl/N-ethyl adjacent to an activating group) is 1. The number of aromatic hydroxyl groups is 3. The van der Waals surface area contributed by atoms with Crippen LogP contribution in [-0.2, 0) is 9.53 Å². The average Bonchev–Trinajstić information content (AvgIpc) is 2.83. The molecule has 14 nitrogen and oxygen atoms in total. The number of ether oxygens (including phenoxy) is 2. The Morgan fingerprint density at radius 3 is 2.28 bits per heavy atom. The zero-order valence-electron chi connectivity index (χ0n) is 18.3. The third-order valence-corrected chi connectivity index (χ3v) is 5.80. The maximum absolute atomic E-state index is 12.6. The minimum Gasteiger partial charge on any atom is -0.508 e. The molecule has 0 amide bonds. The molecule has 4 rings (SSSR count). The number of hydrogen-bond donors (Lipinski definition) is 9. The summed E-state index contributed by atoms with van der Waals surface area (Å²) in [5.41, 5.74) is -3.59. The number of aliphatic carboxylic acids is 1. The molecule has 192 valence electrons. The normalized spacial score (nSPS) is 25.5. The van der Waals surface area contributed by atoms with E-state index in [-0.39, 0.29) is 17.1 Å². The average molecular weight is 507 g/mol. The third kappa shape index (κ3) is 3.78. The number of carbonyl (C=O) groups is 1. The second-order valence-electron chi connectivity index (χ2n) is 7.99. The van der Waals surface area contributed by atoms with Gasteiger partial charge in [-0.2, -0.15) is 0 Å². The molecule has 36 heavy (non-hydrogen) atoms. The number of fused-ring (bicyclic) bond motifs is 1. The fourth-order valence-electron chi connectivity index (χ4n) is 3.78. The van der Waals surface area contributed by atoms with E-state index in [4.69, 9.17) is 13.9 Å². The van der Waals surface area contributed by atoms with Gasteiger partial charge >= 0.3 is 5.97 Å². The molecule has 1 fully saturated rings. The number of aliphatic hydroxyl groups excluding tert-OH is 2. The first kappa shape index (κ1) is 25.2. The minimum absolute atomic E-state index is 0.00502. The number of aliphatic hydroxyl groups is 4. The summed E-state index contributed by atoms with van der Waals surface area (Å²) in [5.74, 6) is -8.16. The molecule has 0 spiro atoms. The number of nitrogens with one attached hydrogen (secondary N) is 1. The van der Waals surface area contributed by atoms with Crippen molar-refractivity contribution in [2.24, 2.45) is 0 Å². The lowest BCUT2D eigenvalue weighted by atomic mass is 9.90. The Morgan fingerprint density at radius 1 is 1.06 bits per heavy atom. The van der Waals surface area contributed by atoms with Crippen molar-refractivity contribution in [2.45, 2.75) is 30.0 Å². The number of rotatable bonds is 5. The highest BCUT2D eigenvalue weighted by molar-refractivity contribution is 5.89. The van der Waals surface area contributed by atoms with E-state index in [0.29, 0.717) is 5.56 Å². The van der Waals surface area contributed by atoms with Crippen LogP contribution in [0, 0.1) is 0 Å². The van der Waals surface area contributed by atoms with Crippen molar-refractivity contribution in [1.29, 1.82) is 0 Å². The molecule has 2 aromatic carbocycles. The highest BCUT2D eigenvalue weighted by atomic mass is 16.7. The minimum atomic E-state index is -3.47. The number of phenolic OH excluding ortho intramolecular Hbond substituents is 3. The van der Waals surface area contributed by atoms with E-state index in [1.54, 1.807) is 0 Å². The molecule has 0 bridgehead atoms. The van der Waals surface area contributed by atoms with Gasteiger partial charge in [-0.3, -0.25) is 10.1 Å². The van der Waals surface area contributed by atoms with Gasteiger partial charge in [0.05, 0.1) is 0 Å².